The summed E-state index contributed by atoms with van der Waals surface area (Å²) in [5.41, 5.74) is 6.00. The molecule has 0 atom stereocenters. The monoisotopic (exact) mass is 978 g/mol. The first kappa shape index (κ1) is 46.8. The number of para-hydroxylation sites is 2. The number of piperazine rings is 2. The molecule has 4 aromatic heterocycles. The van der Waals surface area contributed by atoms with Crippen LogP contribution < -0.4 is 25.9 Å². The van der Waals surface area contributed by atoms with Crippen LogP contribution in [-0.4, -0.2) is 116 Å². The van der Waals surface area contributed by atoms with E-state index in [2.05, 4.69) is 110 Å². The van der Waals surface area contributed by atoms with E-state index in [-0.39, 0.29) is 30.1 Å². The predicted octanol–water partition coefficient (Wildman–Crippen LogP) is 8.25. The number of nitrogens with zero attached hydrogens (tertiary/aromatic N) is 6. The molecule has 350 valence electrons. The zero-order chi connectivity index (χ0) is 47.6. The van der Waals surface area contributed by atoms with Crippen LogP contribution in [0.1, 0.15) is 50.3 Å². The van der Waals surface area contributed by atoms with Gasteiger partial charge < -0.3 is 48.4 Å². The average Bonchev–Trinajstić information content (AvgIpc) is 4.16. The van der Waals surface area contributed by atoms with Crippen molar-refractivity contribution in [1.82, 2.24) is 19.8 Å². The lowest BCUT2D eigenvalue weighted by Crippen LogP contribution is -2.45. The number of carbonyl (C=O) groups excluding carboxylic acids is 2. The van der Waals surface area contributed by atoms with Gasteiger partial charge in [0.2, 0.25) is 0 Å². The second-order valence-electron chi connectivity index (χ2n) is 18.5. The standard InChI is InChI=1S/C23H22N4O2.C16H26BN3O2.C13H8BrNO2/c1-26-10-12-27(13-11-26)22-9-6-16(15-24-22)21-8-7-17(29-21)14-19-18-4-2-3-5-20(18)25-23(19)28;1-15(2)16(3,4)22-17(21-15)13-6-7-14(18-12-13)20-10-8-19(5)9-11-20;14-12-6-5-8(17-12)7-10-9-3-1-2-4-11(9)15-13(10)16/h2-9,14-15H,10-13H2,1H3,(H,25,28);6-7,12H,8-11H2,1-5H3;1-7H,(H,15,16)/b19-14+;;10-7+. The molecule has 0 bridgehead atoms. The number of benzene rings is 2. The molecule has 5 aliphatic rings. The molecule has 14 nitrogen and oxygen atoms in total. The van der Waals surface area contributed by atoms with E-state index >= 15 is 0 Å². The summed E-state index contributed by atoms with van der Waals surface area (Å²) in [5.74, 6) is 3.86. The fraction of sp³-hybridized carbons (Fsp3) is 0.308. The van der Waals surface area contributed by atoms with E-state index in [9.17, 15) is 9.59 Å². The van der Waals surface area contributed by atoms with Gasteiger partial charge in [-0.3, -0.25) is 9.59 Å². The van der Waals surface area contributed by atoms with Crippen LogP contribution in [0.3, 0.4) is 0 Å². The minimum atomic E-state index is -0.334. The Morgan fingerprint density at radius 3 is 1.54 bits per heavy atom. The number of anilines is 4. The number of hydrogen-bond acceptors (Lipinski definition) is 12. The number of likely N-dealkylation sites (N-methyl/N-ethyl adjacent to an activating group) is 2. The molecule has 68 heavy (non-hydrogen) atoms. The van der Waals surface area contributed by atoms with Crippen LogP contribution in [0.2, 0.25) is 0 Å². The van der Waals surface area contributed by atoms with Gasteiger partial charge in [-0.1, -0.05) is 42.5 Å². The van der Waals surface area contributed by atoms with E-state index < -0.39 is 0 Å². The molecule has 9 heterocycles. The number of aromatic nitrogens is 2. The minimum absolute atomic E-state index is 0.0984. The Hall–Kier alpha value is -6.30. The Kier molecular flexibility index (Phi) is 13.6. The maximum atomic E-state index is 12.3. The molecular weight excluding hydrogens is 923 g/mol. The molecular formula is C52H56BBrN8O6. The maximum Gasteiger partial charge on any atom is 0.496 e. The quantitative estimate of drug-likeness (QED) is 0.123. The van der Waals surface area contributed by atoms with Crippen molar-refractivity contribution in [3.63, 3.8) is 0 Å². The van der Waals surface area contributed by atoms with Crippen molar-refractivity contribution >= 4 is 86.6 Å². The summed E-state index contributed by atoms with van der Waals surface area (Å²) in [6, 6.07) is 30.9. The number of nitrogens with one attached hydrogen (secondary N) is 2. The Bertz CT molecular complexity index is 2810. The van der Waals surface area contributed by atoms with Gasteiger partial charge >= 0.3 is 7.12 Å². The lowest BCUT2D eigenvalue weighted by molar-refractivity contribution is -0.111. The normalized spacial score (nSPS) is 19.8. The Labute approximate surface area is 406 Å². The van der Waals surface area contributed by atoms with Crippen molar-refractivity contribution in [3.05, 3.63) is 137 Å². The van der Waals surface area contributed by atoms with Crippen molar-refractivity contribution in [2.24, 2.45) is 0 Å². The molecule has 0 spiro atoms. The van der Waals surface area contributed by atoms with Gasteiger partial charge in [-0.05, 0) is 124 Å². The number of fused-ring (bicyclic) bond motifs is 2. The third kappa shape index (κ3) is 10.4. The lowest BCUT2D eigenvalue weighted by Gasteiger charge is -2.33. The molecule has 11 rings (SSSR count). The molecule has 0 saturated carbocycles. The molecule has 2 N–H and O–H groups in total. The van der Waals surface area contributed by atoms with Gasteiger partial charge in [-0.2, -0.15) is 0 Å². The molecule has 16 heteroatoms. The first-order chi connectivity index (χ1) is 32.7. The summed E-state index contributed by atoms with van der Waals surface area (Å²) in [5, 5.41) is 5.69. The summed E-state index contributed by atoms with van der Waals surface area (Å²) in [6.07, 6.45) is 7.26. The number of hydrogen-bond donors (Lipinski definition) is 2. The van der Waals surface area contributed by atoms with E-state index in [1.54, 1.807) is 18.2 Å². The topological polar surface area (TPSA) is 142 Å². The highest BCUT2D eigenvalue weighted by molar-refractivity contribution is 9.10. The number of rotatable bonds is 6. The summed E-state index contributed by atoms with van der Waals surface area (Å²) in [7, 11) is 3.97. The number of halogens is 1. The highest BCUT2D eigenvalue weighted by Gasteiger charge is 2.51. The van der Waals surface area contributed by atoms with Gasteiger partial charge in [-0.25, -0.2) is 9.97 Å². The van der Waals surface area contributed by atoms with Gasteiger partial charge in [-0.15, -0.1) is 0 Å². The lowest BCUT2D eigenvalue weighted by atomic mass is 9.80. The van der Waals surface area contributed by atoms with Crippen LogP contribution in [0.25, 0.3) is 34.6 Å². The molecule has 0 radical (unpaired) electrons. The molecule has 5 aliphatic heterocycles. The Morgan fingerprint density at radius 1 is 0.588 bits per heavy atom. The molecule has 3 saturated heterocycles. The minimum Gasteiger partial charge on any atom is -0.457 e. The summed E-state index contributed by atoms with van der Waals surface area (Å²) in [4.78, 5) is 42.6. The molecule has 2 amide bonds. The summed E-state index contributed by atoms with van der Waals surface area (Å²) < 4.78 is 24.1. The summed E-state index contributed by atoms with van der Waals surface area (Å²) >= 11 is 3.23. The van der Waals surface area contributed by atoms with Crippen molar-refractivity contribution in [2.45, 2.75) is 38.9 Å². The van der Waals surface area contributed by atoms with Gasteiger partial charge in [0.1, 0.15) is 28.9 Å². The van der Waals surface area contributed by atoms with Crippen LogP contribution in [0.4, 0.5) is 23.0 Å². The third-order valence-electron chi connectivity index (χ3n) is 13.2. The highest BCUT2D eigenvalue weighted by Crippen LogP contribution is 2.37. The summed E-state index contributed by atoms with van der Waals surface area (Å²) in [6.45, 7) is 16.6. The zero-order valence-corrected chi connectivity index (χ0v) is 40.9. The van der Waals surface area contributed by atoms with E-state index in [1.165, 1.54) is 0 Å². The Balaban J connectivity index is 0.000000132. The molecule has 2 aromatic carbocycles. The van der Waals surface area contributed by atoms with Gasteiger partial charge in [0.25, 0.3) is 11.8 Å². The largest absolute Gasteiger partial charge is 0.496 e. The second-order valence-corrected chi connectivity index (χ2v) is 19.3. The number of amides is 2. The van der Waals surface area contributed by atoms with Crippen LogP contribution in [0.15, 0.2) is 123 Å². The Morgan fingerprint density at radius 2 is 1.07 bits per heavy atom. The SMILES string of the molecule is CN1CCN(c2ccc(-c3ccc(/C=C4/C(=O)Nc5ccccc54)o3)cn2)CC1.CN1CCN(c2ccc(B3OC(C)(C)C(C)(C)O3)cn2)CC1.O=C1Nc2ccccc2/C1=C\c1ccc(Br)o1. The van der Waals surface area contributed by atoms with Crippen molar-refractivity contribution in [1.29, 1.82) is 0 Å². The third-order valence-corrected chi connectivity index (χ3v) is 13.6. The van der Waals surface area contributed by atoms with Crippen LogP contribution >= 0.6 is 15.9 Å². The second kappa shape index (κ2) is 19.7. The van der Waals surface area contributed by atoms with Gasteiger partial charge in [0, 0.05) is 98.3 Å². The average molecular weight is 980 g/mol. The smallest absolute Gasteiger partial charge is 0.457 e. The molecule has 0 unspecified atom stereocenters. The molecule has 3 fully saturated rings. The fourth-order valence-corrected chi connectivity index (χ4v) is 8.65. The van der Waals surface area contributed by atoms with Crippen LogP contribution in [-0.2, 0) is 18.9 Å². The van der Waals surface area contributed by atoms with Crippen LogP contribution in [0, 0.1) is 0 Å². The van der Waals surface area contributed by atoms with Crippen molar-refractivity contribution in [2.75, 3.05) is 86.9 Å². The van der Waals surface area contributed by atoms with Gasteiger partial charge in [0.05, 0.1) is 22.3 Å². The van der Waals surface area contributed by atoms with E-state index in [0.717, 1.165) is 103 Å². The zero-order valence-electron chi connectivity index (χ0n) is 39.3. The first-order valence-electron chi connectivity index (χ1n) is 22.9. The predicted molar refractivity (Wildman–Crippen MR) is 274 cm³/mol. The van der Waals surface area contributed by atoms with Gasteiger partial charge in [0.15, 0.2) is 4.67 Å². The highest BCUT2D eigenvalue weighted by atomic mass is 79.9. The van der Waals surface area contributed by atoms with Crippen LogP contribution in [0.5, 0.6) is 0 Å². The van der Waals surface area contributed by atoms with E-state index in [0.29, 0.717) is 27.3 Å². The fourth-order valence-electron chi connectivity index (χ4n) is 8.33. The maximum absolute atomic E-state index is 12.3. The van der Waals surface area contributed by atoms with E-state index in [1.807, 2.05) is 91.3 Å². The van der Waals surface area contributed by atoms with Crippen molar-refractivity contribution < 1.29 is 27.7 Å². The number of pyridine rings is 2. The number of carbonyl (C=O) groups is 2. The molecule has 6 aromatic rings. The number of furan rings is 2. The van der Waals surface area contributed by atoms with E-state index in [4.69, 9.17) is 18.1 Å². The first-order valence-corrected chi connectivity index (χ1v) is 23.7. The molecule has 0 aliphatic carbocycles. The van der Waals surface area contributed by atoms with Crippen molar-refractivity contribution in [3.8, 4) is 11.3 Å².